The first-order valence-corrected chi connectivity index (χ1v) is 6.52. The lowest BCUT2D eigenvalue weighted by Gasteiger charge is -2.06. The lowest BCUT2D eigenvalue weighted by Crippen LogP contribution is -2.00. The van der Waals surface area contributed by atoms with Crippen molar-refractivity contribution in [2.45, 2.75) is 19.8 Å². The van der Waals surface area contributed by atoms with Crippen LogP contribution >= 0.6 is 0 Å². The van der Waals surface area contributed by atoms with E-state index in [-0.39, 0.29) is 12.4 Å². The van der Waals surface area contributed by atoms with Gasteiger partial charge in [0.2, 0.25) is 0 Å². The Bertz CT molecular complexity index is 556. The van der Waals surface area contributed by atoms with Crippen LogP contribution in [0.3, 0.4) is 0 Å². The van der Waals surface area contributed by atoms with E-state index in [0.717, 1.165) is 5.56 Å². The molecule has 0 aliphatic rings. The van der Waals surface area contributed by atoms with E-state index in [1.54, 1.807) is 0 Å². The second-order valence-electron chi connectivity index (χ2n) is 4.64. The van der Waals surface area contributed by atoms with Crippen molar-refractivity contribution in [3.8, 4) is 11.1 Å². The van der Waals surface area contributed by atoms with E-state index in [1.807, 2.05) is 36.4 Å². The number of rotatable bonds is 5. The van der Waals surface area contributed by atoms with Gasteiger partial charge in [-0.1, -0.05) is 48.5 Å². The van der Waals surface area contributed by atoms with Crippen LogP contribution < -0.4 is 0 Å². The number of benzene rings is 2. The zero-order valence-electron chi connectivity index (χ0n) is 11.1. The SMILES string of the molecule is Cc1ccccc1-c1ccc(C(=O)CCCO)cc1. The standard InChI is InChI=1S/C17H18O2/c1-13-5-2-3-6-16(13)14-8-10-15(11-9-14)17(19)7-4-12-18/h2-3,5-6,8-11,18H,4,7,12H2,1H3. The van der Waals surface area contributed by atoms with E-state index >= 15 is 0 Å². The summed E-state index contributed by atoms with van der Waals surface area (Å²) in [6.07, 6.45) is 0.929. The molecule has 2 rings (SSSR count). The fourth-order valence-electron chi connectivity index (χ4n) is 2.12. The van der Waals surface area contributed by atoms with Crippen LogP contribution in [0.5, 0.6) is 0 Å². The van der Waals surface area contributed by atoms with E-state index in [0.29, 0.717) is 18.4 Å². The van der Waals surface area contributed by atoms with Gasteiger partial charge in [-0.05, 0) is 30.0 Å². The first-order chi connectivity index (χ1) is 9.22. The fourth-order valence-corrected chi connectivity index (χ4v) is 2.12. The molecule has 2 aromatic rings. The van der Waals surface area contributed by atoms with Gasteiger partial charge in [-0.2, -0.15) is 0 Å². The van der Waals surface area contributed by atoms with Crippen LogP contribution in [0.2, 0.25) is 0 Å². The Morgan fingerprint density at radius 3 is 2.37 bits per heavy atom. The third kappa shape index (κ3) is 3.30. The van der Waals surface area contributed by atoms with E-state index in [1.165, 1.54) is 11.1 Å². The van der Waals surface area contributed by atoms with Crippen molar-refractivity contribution in [2.75, 3.05) is 6.61 Å². The number of aliphatic hydroxyl groups is 1. The molecule has 0 spiro atoms. The molecule has 0 saturated carbocycles. The average Bonchev–Trinajstić information content (AvgIpc) is 2.45. The van der Waals surface area contributed by atoms with Crippen molar-refractivity contribution >= 4 is 5.78 Å². The molecule has 0 saturated heterocycles. The van der Waals surface area contributed by atoms with Gasteiger partial charge in [0.1, 0.15) is 0 Å². The van der Waals surface area contributed by atoms with Crippen LogP contribution in [0.25, 0.3) is 11.1 Å². The van der Waals surface area contributed by atoms with E-state index in [9.17, 15) is 4.79 Å². The van der Waals surface area contributed by atoms with Crippen LogP contribution in [0.1, 0.15) is 28.8 Å². The summed E-state index contributed by atoms with van der Waals surface area (Å²) in [6.45, 7) is 2.14. The zero-order valence-corrected chi connectivity index (χ0v) is 11.1. The number of Topliss-reactive ketones (excluding diaryl/α,β-unsaturated/α-hetero) is 1. The fraction of sp³-hybridized carbons (Fsp3) is 0.235. The van der Waals surface area contributed by atoms with Gasteiger partial charge >= 0.3 is 0 Å². The first-order valence-electron chi connectivity index (χ1n) is 6.52. The normalized spacial score (nSPS) is 10.4. The molecule has 0 aromatic heterocycles. The third-order valence-corrected chi connectivity index (χ3v) is 3.22. The summed E-state index contributed by atoms with van der Waals surface area (Å²) in [5, 5.41) is 8.73. The molecule has 98 valence electrons. The number of aryl methyl sites for hydroxylation is 1. The van der Waals surface area contributed by atoms with Gasteiger partial charge in [0.25, 0.3) is 0 Å². The van der Waals surface area contributed by atoms with Gasteiger partial charge in [0.05, 0.1) is 0 Å². The van der Waals surface area contributed by atoms with Crippen molar-refractivity contribution < 1.29 is 9.90 Å². The molecule has 0 bridgehead atoms. The molecule has 1 N–H and O–H groups in total. The summed E-state index contributed by atoms with van der Waals surface area (Å²) in [5.74, 6) is 0.0883. The minimum atomic E-state index is 0.0625. The van der Waals surface area contributed by atoms with Gasteiger partial charge < -0.3 is 5.11 Å². The third-order valence-electron chi connectivity index (χ3n) is 3.22. The topological polar surface area (TPSA) is 37.3 Å². The summed E-state index contributed by atoms with van der Waals surface area (Å²) < 4.78 is 0. The maximum Gasteiger partial charge on any atom is 0.162 e. The highest BCUT2D eigenvalue weighted by molar-refractivity contribution is 5.96. The minimum absolute atomic E-state index is 0.0625. The maximum atomic E-state index is 11.8. The second kappa shape index (κ2) is 6.30. The summed E-state index contributed by atoms with van der Waals surface area (Å²) in [6, 6.07) is 15.9. The van der Waals surface area contributed by atoms with Crippen LogP contribution in [-0.4, -0.2) is 17.5 Å². The quantitative estimate of drug-likeness (QED) is 0.827. The predicted molar refractivity (Wildman–Crippen MR) is 77.3 cm³/mol. The largest absolute Gasteiger partial charge is 0.396 e. The van der Waals surface area contributed by atoms with Crippen molar-refractivity contribution in [1.82, 2.24) is 0 Å². The molecule has 2 nitrogen and oxygen atoms in total. The Morgan fingerprint density at radius 1 is 1.05 bits per heavy atom. The number of ketones is 1. The highest BCUT2D eigenvalue weighted by Gasteiger charge is 2.06. The highest BCUT2D eigenvalue weighted by atomic mass is 16.3. The summed E-state index contributed by atoms with van der Waals surface area (Å²) in [4.78, 5) is 11.8. The van der Waals surface area contributed by atoms with Gasteiger partial charge in [-0.3, -0.25) is 4.79 Å². The number of hydrogen-bond acceptors (Lipinski definition) is 2. The monoisotopic (exact) mass is 254 g/mol. The van der Waals surface area contributed by atoms with Crippen molar-refractivity contribution in [2.24, 2.45) is 0 Å². The number of carbonyl (C=O) groups is 1. The molecule has 19 heavy (non-hydrogen) atoms. The molecule has 0 unspecified atom stereocenters. The lowest BCUT2D eigenvalue weighted by molar-refractivity contribution is 0.0971. The highest BCUT2D eigenvalue weighted by Crippen LogP contribution is 2.23. The average molecular weight is 254 g/mol. The van der Waals surface area contributed by atoms with Gasteiger partial charge in [0, 0.05) is 18.6 Å². The Kier molecular flexibility index (Phi) is 4.48. The predicted octanol–water partition coefficient (Wildman–Crippen LogP) is 3.62. The Morgan fingerprint density at radius 2 is 1.74 bits per heavy atom. The second-order valence-corrected chi connectivity index (χ2v) is 4.64. The minimum Gasteiger partial charge on any atom is -0.396 e. The van der Waals surface area contributed by atoms with Crippen LogP contribution in [0, 0.1) is 6.92 Å². The van der Waals surface area contributed by atoms with Crippen molar-refractivity contribution in [3.05, 3.63) is 59.7 Å². The molecule has 0 radical (unpaired) electrons. The van der Waals surface area contributed by atoms with Crippen LogP contribution in [0.15, 0.2) is 48.5 Å². The maximum absolute atomic E-state index is 11.8. The van der Waals surface area contributed by atoms with Crippen molar-refractivity contribution in [1.29, 1.82) is 0 Å². The lowest BCUT2D eigenvalue weighted by atomic mass is 9.98. The number of hydrogen-bond donors (Lipinski definition) is 1. The zero-order chi connectivity index (χ0) is 13.7. The van der Waals surface area contributed by atoms with Gasteiger partial charge in [0.15, 0.2) is 5.78 Å². The smallest absolute Gasteiger partial charge is 0.162 e. The molecule has 0 aliphatic heterocycles. The van der Waals surface area contributed by atoms with E-state index in [2.05, 4.69) is 19.1 Å². The van der Waals surface area contributed by atoms with Crippen LogP contribution in [-0.2, 0) is 0 Å². The molecule has 0 aliphatic carbocycles. The first kappa shape index (κ1) is 13.5. The molecule has 0 heterocycles. The van der Waals surface area contributed by atoms with E-state index < -0.39 is 0 Å². The Labute approximate surface area is 113 Å². The molecule has 0 atom stereocenters. The Balaban J connectivity index is 2.19. The van der Waals surface area contributed by atoms with Crippen LogP contribution in [0.4, 0.5) is 0 Å². The van der Waals surface area contributed by atoms with Crippen molar-refractivity contribution in [3.63, 3.8) is 0 Å². The summed E-state index contributed by atoms with van der Waals surface area (Å²) in [5.41, 5.74) is 4.25. The van der Waals surface area contributed by atoms with E-state index in [4.69, 9.17) is 5.11 Å². The summed E-state index contributed by atoms with van der Waals surface area (Å²) >= 11 is 0. The van der Waals surface area contributed by atoms with Gasteiger partial charge in [-0.15, -0.1) is 0 Å². The molecular formula is C17H18O2. The number of carbonyl (C=O) groups excluding carboxylic acids is 1. The molecule has 2 heteroatoms. The number of aliphatic hydroxyl groups excluding tert-OH is 1. The molecular weight excluding hydrogens is 236 g/mol. The Hall–Kier alpha value is -1.93. The molecule has 0 amide bonds. The van der Waals surface area contributed by atoms with Gasteiger partial charge in [-0.25, -0.2) is 0 Å². The summed E-state index contributed by atoms with van der Waals surface area (Å²) in [7, 11) is 0. The molecule has 0 fully saturated rings. The molecule has 2 aromatic carbocycles.